The molecule has 1 aliphatic rings. The molecule has 0 aliphatic carbocycles. The molecule has 1 amide bonds. The number of carbonyl (C=O) groups excluding carboxylic acids is 2. The summed E-state index contributed by atoms with van der Waals surface area (Å²) >= 11 is 0. The number of rotatable bonds is 5. The number of esters is 1. The molecule has 4 nitrogen and oxygen atoms in total. The molecule has 146 valence electrons. The number of anilines is 1. The van der Waals surface area contributed by atoms with Crippen LogP contribution in [0.4, 0.5) is 5.69 Å². The van der Waals surface area contributed by atoms with Crippen molar-refractivity contribution < 1.29 is 14.3 Å². The summed E-state index contributed by atoms with van der Waals surface area (Å²) in [7, 11) is 0. The number of carbonyl (C=O) groups is 2. The minimum absolute atomic E-state index is 0.192. The summed E-state index contributed by atoms with van der Waals surface area (Å²) in [6.45, 7) is 2.26. The van der Waals surface area contributed by atoms with Crippen molar-refractivity contribution in [3.63, 3.8) is 0 Å². The van der Waals surface area contributed by atoms with Gasteiger partial charge in [0, 0.05) is 12.2 Å². The highest BCUT2D eigenvalue weighted by Crippen LogP contribution is 2.30. The van der Waals surface area contributed by atoms with Gasteiger partial charge >= 0.3 is 5.97 Å². The maximum Gasteiger partial charge on any atom is 0.318 e. The summed E-state index contributed by atoms with van der Waals surface area (Å²) in [4.78, 5) is 27.8. The lowest BCUT2D eigenvalue weighted by Gasteiger charge is -2.24. The van der Waals surface area contributed by atoms with Crippen LogP contribution >= 0.6 is 0 Å². The van der Waals surface area contributed by atoms with Crippen LogP contribution in [0.25, 0.3) is 0 Å². The van der Waals surface area contributed by atoms with E-state index in [1.807, 2.05) is 84.9 Å². The Bertz CT molecular complexity index is 961. The molecule has 1 unspecified atom stereocenters. The molecular weight excluding hydrogens is 362 g/mol. The first-order valence-corrected chi connectivity index (χ1v) is 9.85. The number of benzene rings is 3. The zero-order chi connectivity index (χ0) is 20.2. The molecule has 1 aliphatic heterocycles. The lowest BCUT2D eigenvalue weighted by atomic mass is 9.91. The zero-order valence-corrected chi connectivity index (χ0v) is 16.3. The fraction of sp³-hybridized carbons (Fsp3) is 0.200. The minimum atomic E-state index is -0.858. The van der Waals surface area contributed by atoms with Gasteiger partial charge in [-0.25, -0.2) is 0 Å². The first-order chi connectivity index (χ1) is 14.1. The number of hydrogen-bond acceptors (Lipinski definition) is 3. The van der Waals surface area contributed by atoms with E-state index >= 15 is 0 Å². The Balaban J connectivity index is 1.54. The Morgan fingerprint density at radius 1 is 0.828 bits per heavy atom. The lowest BCUT2D eigenvalue weighted by Crippen LogP contribution is -2.39. The summed E-state index contributed by atoms with van der Waals surface area (Å²) in [5, 5.41) is 0. The van der Waals surface area contributed by atoms with E-state index in [2.05, 4.69) is 0 Å². The number of nitrogens with zero attached hydrogens (tertiary/aromatic N) is 1. The third kappa shape index (κ3) is 3.92. The molecular formula is C25H23NO3. The SMILES string of the molecule is CC(OC(=O)C(c1ccccc1)c1ccccc1)C(=O)N1CCc2ccccc21. The van der Waals surface area contributed by atoms with Crippen LogP contribution in [-0.2, 0) is 20.7 Å². The highest BCUT2D eigenvalue weighted by atomic mass is 16.5. The van der Waals surface area contributed by atoms with Gasteiger partial charge in [0.1, 0.15) is 5.92 Å². The second-order valence-corrected chi connectivity index (χ2v) is 7.20. The molecule has 3 aromatic rings. The Morgan fingerprint density at radius 3 is 2.00 bits per heavy atom. The molecule has 3 aromatic carbocycles. The van der Waals surface area contributed by atoms with Gasteiger partial charge in [-0.15, -0.1) is 0 Å². The summed E-state index contributed by atoms with van der Waals surface area (Å²) < 4.78 is 5.68. The zero-order valence-electron chi connectivity index (χ0n) is 16.3. The van der Waals surface area contributed by atoms with Gasteiger partial charge in [0.05, 0.1) is 0 Å². The molecule has 0 bridgehead atoms. The van der Waals surface area contributed by atoms with Gasteiger partial charge in [-0.05, 0) is 36.1 Å². The average molecular weight is 385 g/mol. The Hall–Kier alpha value is -3.40. The van der Waals surface area contributed by atoms with Crippen molar-refractivity contribution in [3.05, 3.63) is 102 Å². The molecule has 0 N–H and O–H groups in total. The maximum absolute atomic E-state index is 13.1. The van der Waals surface area contributed by atoms with Gasteiger partial charge < -0.3 is 9.64 Å². The fourth-order valence-electron chi connectivity index (χ4n) is 3.83. The summed E-state index contributed by atoms with van der Waals surface area (Å²) in [6, 6.07) is 26.9. The predicted molar refractivity (Wildman–Crippen MR) is 113 cm³/mol. The van der Waals surface area contributed by atoms with Gasteiger partial charge in [-0.3, -0.25) is 9.59 Å². The quantitative estimate of drug-likeness (QED) is 0.614. The summed E-state index contributed by atoms with van der Waals surface area (Å²) in [5.41, 5.74) is 3.73. The van der Waals surface area contributed by atoms with E-state index in [1.54, 1.807) is 11.8 Å². The molecule has 0 aromatic heterocycles. The molecule has 4 rings (SSSR count). The van der Waals surface area contributed by atoms with Crippen LogP contribution in [0.3, 0.4) is 0 Å². The summed E-state index contributed by atoms with van der Waals surface area (Å²) in [5.74, 6) is -1.18. The van der Waals surface area contributed by atoms with E-state index in [4.69, 9.17) is 4.74 Å². The molecule has 0 fully saturated rings. The van der Waals surface area contributed by atoms with Gasteiger partial charge in [0.2, 0.25) is 0 Å². The number of hydrogen-bond donors (Lipinski definition) is 0. The largest absolute Gasteiger partial charge is 0.452 e. The number of amides is 1. The van der Waals surface area contributed by atoms with Crippen LogP contribution in [-0.4, -0.2) is 24.5 Å². The van der Waals surface area contributed by atoms with Crippen LogP contribution in [0.5, 0.6) is 0 Å². The van der Waals surface area contributed by atoms with Crippen LogP contribution in [0, 0.1) is 0 Å². The van der Waals surface area contributed by atoms with Gasteiger partial charge in [0.25, 0.3) is 5.91 Å². The molecule has 1 atom stereocenters. The van der Waals surface area contributed by atoms with E-state index in [0.717, 1.165) is 28.8 Å². The average Bonchev–Trinajstić information content (AvgIpc) is 3.19. The smallest absolute Gasteiger partial charge is 0.318 e. The van der Waals surface area contributed by atoms with E-state index in [1.165, 1.54) is 0 Å². The van der Waals surface area contributed by atoms with Crippen molar-refractivity contribution in [1.82, 2.24) is 0 Å². The third-order valence-electron chi connectivity index (χ3n) is 5.30. The topological polar surface area (TPSA) is 46.6 Å². The first-order valence-electron chi connectivity index (χ1n) is 9.85. The molecule has 4 heteroatoms. The van der Waals surface area contributed by atoms with Crippen molar-refractivity contribution in [1.29, 1.82) is 0 Å². The van der Waals surface area contributed by atoms with Crippen LogP contribution in [0.2, 0.25) is 0 Å². The summed E-state index contributed by atoms with van der Waals surface area (Å²) in [6.07, 6.45) is -0.0391. The van der Waals surface area contributed by atoms with Gasteiger partial charge in [-0.2, -0.15) is 0 Å². The standard InChI is InChI=1S/C25H23NO3/c1-18(24(27)26-17-16-19-10-8-9-15-22(19)26)29-25(28)23(20-11-4-2-5-12-20)21-13-6-3-7-14-21/h2-15,18,23H,16-17H2,1H3. The molecule has 1 heterocycles. The second kappa shape index (κ2) is 8.31. The van der Waals surface area contributed by atoms with Crippen molar-refractivity contribution in [2.45, 2.75) is 25.4 Å². The van der Waals surface area contributed by atoms with Crippen molar-refractivity contribution in [3.8, 4) is 0 Å². The maximum atomic E-state index is 13.1. The van der Waals surface area contributed by atoms with E-state index in [0.29, 0.717) is 6.54 Å². The Labute approximate surface area is 170 Å². The van der Waals surface area contributed by atoms with Crippen molar-refractivity contribution in [2.24, 2.45) is 0 Å². The van der Waals surface area contributed by atoms with Crippen LogP contribution < -0.4 is 4.90 Å². The lowest BCUT2D eigenvalue weighted by molar-refractivity contribution is -0.154. The Kier molecular flexibility index (Phi) is 5.43. The minimum Gasteiger partial charge on any atom is -0.452 e. The van der Waals surface area contributed by atoms with Crippen LogP contribution in [0.1, 0.15) is 29.5 Å². The van der Waals surface area contributed by atoms with Gasteiger partial charge in [0.15, 0.2) is 6.10 Å². The number of para-hydroxylation sites is 1. The monoisotopic (exact) mass is 385 g/mol. The molecule has 0 spiro atoms. The van der Waals surface area contributed by atoms with E-state index < -0.39 is 18.0 Å². The highest BCUT2D eigenvalue weighted by Gasteiger charge is 2.32. The number of fused-ring (bicyclic) bond motifs is 1. The van der Waals surface area contributed by atoms with Crippen molar-refractivity contribution >= 4 is 17.6 Å². The number of ether oxygens (including phenoxy) is 1. The van der Waals surface area contributed by atoms with Gasteiger partial charge in [-0.1, -0.05) is 78.9 Å². The second-order valence-electron chi connectivity index (χ2n) is 7.20. The molecule has 0 saturated heterocycles. The molecule has 0 saturated carbocycles. The molecule has 29 heavy (non-hydrogen) atoms. The van der Waals surface area contributed by atoms with E-state index in [-0.39, 0.29) is 5.91 Å². The fourth-order valence-corrected chi connectivity index (χ4v) is 3.83. The van der Waals surface area contributed by atoms with Crippen molar-refractivity contribution in [2.75, 3.05) is 11.4 Å². The van der Waals surface area contributed by atoms with E-state index in [9.17, 15) is 9.59 Å². The Morgan fingerprint density at radius 2 is 1.38 bits per heavy atom. The highest BCUT2D eigenvalue weighted by molar-refractivity contribution is 5.99. The normalized spacial score (nSPS) is 13.8. The predicted octanol–water partition coefficient (Wildman–Crippen LogP) is 4.34. The van der Waals surface area contributed by atoms with Crippen LogP contribution in [0.15, 0.2) is 84.9 Å². The molecule has 0 radical (unpaired) electrons. The first kappa shape index (κ1) is 18.9. The third-order valence-corrected chi connectivity index (χ3v) is 5.30.